The molecular weight excluding hydrogens is 401 g/mol. The van der Waals surface area contributed by atoms with Gasteiger partial charge in [-0.25, -0.2) is 4.39 Å². The van der Waals surface area contributed by atoms with Crippen LogP contribution in [0.4, 0.5) is 4.39 Å². The van der Waals surface area contributed by atoms with Gasteiger partial charge in [0, 0.05) is 42.5 Å². The summed E-state index contributed by atoms with van der Waals surface area (Å²) in [5, 5.41) is 0.402. The first kappa shape index (κ1) is 18.9. The van der Waals surface area contributed by atoms with Crippen molar-refractivity contribution in [2.75, 3.05) is 26.2 Å². The van der Waals surface area contributed by atoms with E-state index in [4.69, 9.17) is 0 Å². The number of rotatable bonds is 4. The predicted molar refractivity (Wildman–Crippen MR) is 103 cm³/mol. The SMILES string of the molecule is CC(C)CCC(=O)N1CCN(C(=O)c2cc3c(F)cc(Br)cc3[nH]2)CC1. The number of amides is 2. The Hall–Kier alpha value is -1.89. The number of nitrogens with zero attached hydrogens (tertiary/aromatic N) is 2. The van der Waals surface area contributed by atoms with E-state index in [9.17, 15) is 14.0 Å². The number of benzene rings is 1. The normalized spacial score (nSPS) is 15.1. The Labute approximate surface area is 160 Å². The highest BCUT2D eigenvalue weighted by molar-refractivity contribution is 9.10. The Kier molecular flexibility index (Phi) is 5.65. The number of aromatic amines is 1. The molecule has 0 saturated carbocycles. The van der Waals surface area contributed by atoms with Gasteiger partial charge in [-0.05, 0) is 30.5 Å². The zero-order chi connectivity index (χ0) is 18.8. The second kappa shape index (κ2) is 7.78. The molecule has 2 heterocycles. The number of hydrogen-bond donors (Lipinski definition) is 1. The molecule has 1 N–H and O–H groups in total. The Morgan fingerprint density at radius 2 is 1.81 bits per heavy atom. The van der Waals surface area contributed by atoms with Crippen LogP contribution in [0.3, 0.4) is 0 Å². The number of halogens is 2. The minimum absolute atomic E-state index is 0.156. The van der Waals surface area contributed by atoms with Gasteiger partial charge in [-0.3, -0.25) is 9.59 Å². The highest BCUT2D eigenvalue weighted by atomic mass is 79.9. The summed E-state index contributed by atoms with van der Waals surface area (Å²) in [6, 6.07) is 4.69. The van der Waals surface area contributed by atoms with Gasteiger partial charge < -0.3 is 14.8 Å². The van der Waals surface area contributed by atoms with Crippen molar-refractivity contribution in [3.63, 3.8) is 0 Å². The second-order valence-electron chi connectivity index (χ2n) is 7.14. The number of aromatic nitrogens is 1. The molecule has 1 aromatic carbocycles. The van der Waals surface area contributed by atoms with Crippen LogP contribution in [0.25, 0.3) is 10.9 Å². The van der Waals surface area contributed by atoms with Gasteiger partial charge in [-0.15, -0.1) is 0 Å². The zero-order valence-corrected chi connectivity index (χ0v) is 16.6. The van der Waals surface area contributed by atoms with Crippen molar-refractivity contribution in [3.05, 3.63) is 34.2 Å². The Morgan fingerprint density at radius 1 is 1.15 bits per heavy atom. The van der Waals surface area contributed by atoms with Gasteiger partial charge in [0.25, 0.3) is 5.91 Å². The molecular formula is C19H23BrFN3O2. The predicted octanol–water partition coefficient (Wildman–Crippen LogP) is 3.79. The van der Waals surface area contributed by atoms with Gasteiger partial charge in [0.05, 0.1) is 5.52 Å². The number of fused-ring (bicyclic) bond motifs is 1. The van der Waals surface area contributed by atoms with Crippen LogP contribution in [-0.4, -0.2) is 52.8 Å². The molecule has 7 heteroatoms. The fourth-order valence-electron chi connectivity index (χ4n) is 3.18. The standard InChI is InChI=1S/C19H23BrFN3O2/c1-12(2)3-4-18(25)23-5-7-24(8-6-23)19(26)17-11-14-15(21)9-13(20)10-16(14)22-17/h9-12,22H,3-8H2,1-2H3. The van der Waals surface area contributed by atoms with Crippen molar-refractivity contribution in [2.45, 2.75) is 26.7 Å². The smallest absolute Gasteiger partial charge is 0.270 e. The average molecular weight is 424 g/mol. The van der Waals surface area contributed by atoms with Crippen molar-refractivity contribution < 1.29 is 14.0 Å². The topological polar surface area (TPSA) is 56.4 Å². The Morgan fingerprint density at radius 3 is 2.46 bits per heavy atom. The molecule has 140 valence electrons. The maximum Gasteiger partial charge on any atom is 0.270 e. The van der Waals surface area contributed by atoms with Crippen LogP contribution in [0.2, 0.25) is 0 Å². The van der Waals surface area contributed by atoms with E-state index in [0.717, 1.165) is 6.42 Å². The lowest BCUT2D eigenvalue weighted by atomic mass is 10.1. The van der Waals surface area contributed by atoms with Gasteiger partial charge in [0.1, 0.15) is 11.5 Å². The number of nitrogens with one attached hydrogen (secondary N) is 1. The summed E-state index contributed by atoms with van der Waals surface area (Å²) in [6.45, 7) is 6.28. The molecule has 1 aliphatic heterocycles. The molecule has 0 radical (unpaired) electrons. The first-order chi connectivity index (χ1) is 12.3. The van der Waals surface area contributed by atoms with E-state index in [1.165, 1.54) is 6.07 Å². The molecule has 5 nitrogen and oxygen atoms in total. The fourth-order valence-corrected chi connectivity index (χ4v) is 3.61. The maximum absolute atomic E-state index is 14.0. The molecule has 0 aliphatic carbocycles. The summed E-state index contributed by atoms with van der Waals surface area (Å²) in [7, 11) is 0. The summed E-state index contributed by atoms with van der Waals surface area (Å²) in [4.78, 5) is 31.5. The van der Waals surface area contributed by atoms with Crippen molar-refractivity contribution >= 4 is 38.6 Å². The van der Waals surface area contributed by atoms with Gasteiger partial charge in [-0.1, -0.05) is 29.8 Å². The lowest BCUT2D eigenvalue weighted by Crippen LogP contribution is -2.50. The third-order valence-electron chi connectivity index (χ3n) is 4.74. The van der Waals surface area contributed by atoms with E-state index >= 15 is 0 Å². The first-order valence-electron chi connectivity index (χ1n) is 8.90. The first-order valence-corrected chi connectivity index (χ1v) is 9.69. The summed E-state index contributed by atoms with van der Waals surface area (Å²) in [5.74, 6) is 0.129. The fraction of sp³-hybridized carbons (Fsp3) is 0.474. The molecule has 2 aromatic rings. The molecule has 0 unspecified atom stereocenters. The van der Waals surface area contributed by atoms with Crippen LogP contribution >= 0.6 is 15.9 Å². The average Bonchev–Trinajstić information content (AvgIpc) is 3.03. The lowest BCUT2D eigenvalue weighted by molar-refractivity contribution is -0.132. The van der Waals surface area contributed by atoms with Crippen molar-refractivity contribution in [1.82, 2.24) is 14.8 Å². The monoisotopic (exact) mass is 423 g/mol. The zero-order valence-electron chi connectivity index (χ0n) is 15.0. The molecule has 26 heavy (non-hydrogen) atoms. The van der Waals surface area contributed by atoms with E-state index in [1.54, 1.807) is 17.0 Å². The molecule has 0 atom stereocenters. The van der Waals surface area contributed by atoms with Crippen LogP contribution in [0.5, 0.6) is 0 Å². The Balaban J connectivity index is 1.63. The van der Waals surface area contributed by atoms with E-state index in [0.29, 0.717) is 59.6 Å². The van der Waals surface area contributed by atoms with Crippen molar-refractivity contribution in [2.24, 2.45) is 5.92 Å². The van der Waals surface area contributed by atoms with Crippen molar-refractivity contribution in [3.8, 4) is 0 Å². The Bertz CT molecular complexity index is 826. The molecule has 3 rings (SSSR count). The minimum Gasteiger partial charge on any atom is -0.350 e. The van der Waals surface area contributed by atoms with E-state index in [2.05, 4.69) is 34.8 Å². The number of piperazine rings is 1. The molecule has 2 amide bonds. The van der Waals surface area contributed by atoms with E-state index in [-0.39, 0.29) is 17.6 Å². The van der Waals surface area contributed by atoms with Gasteiger partial charge in [0.15, 0.2) is 0 Å². The lowest BCUT2D eigenvalue weighted by Gasteiger charge is -2.34. The number of carbonyl (C=O) groups excluding carboxylic acids is 2. The maximum atomic E-state index is 14.0. The third-order valence-corrected chi connectivity index (χ3v) is 5.20. The van der Waals surface area contributed by atoms with Crippen LogP contribution < -0.4 is 0 Å². The number of H-pyrrole nitrogens is 1. The van der Waals surface area contributed by atoms with Crippen LogP contribution in [0.1, 0.15) is 37.2 Å². The number of hydrogen-bond acceptors (Lipinski definition) is 2. The molecule has 0 spiro atoms. The molecule has 1 aromatic heterocycles. The summed E-state index contributed by atoms with van der Waals surface area (Å²) in [5.41, 5.74) is 0.958. The van der Waals surface area contributed by atoms with Gasteiger partial charge in [-0.2, -0.15) is 0 Å². The third kappa shape index (κ3) is 4.09. The minimum atomic E-state index is -0.370. The second-order valence-corrected chi connectivity index (χ2v) is 8.05. The van der Waals surface area contributed by atoms with Gasteiger partial charge in [0.2, 0.25) is 5.91 Å². The number of carbonyl (C=O) groups is 2. The highest BCUT2D eigenvalue weighted by Crippen LogP contribution is 2.24. The van der Waals surface area contributed by atoms with Crippen LogP contribution in [0.15, 0.2) is 22.7 Å². The van der Waals surface area contributed by atoms with E-state index in [1.807, 2.05) is 4.90 Å². The molecule has 1 aliphatic rings. The molecule has 1 fully saturated rings. The van der Waals surface area contributed by atoms with Crippen LogP contribution in [-0.2, 0) is 4.79 Å². The quantitative estimate of drug-likeness (QED) is 0.812. The summed E-state index contributed by atoms with van der Waals surface area (Å²) in [6.07, 6.45) is 1.44. The summed E-state index contributed by atoms with van der Waals surface area (Å²) < 4.78 is 14.6. The summed E-state index contributed by atoms with van der Waals surface area (Å²) >= 11 is 3.25. The molecule has 0 bridgehead atoms. The largest absolute Gasteiger partial charge is 0.350 e. The highest BCUT2D eigenvalue weighted by Gasteiger charge is 2.26. The van der Waals surface area contributed by atoms with Gasteiger partial charge >= 0.3 is 0 Å². The van der Waals surface area contributed by atoms with Crippen molar-refractivity contribution in [1.29, 1.82) is 0 Å². The van der Waals surface area contributed by atoms with E-state index < -0.39 is 0 Å². The molecule has 1 saturated heterocycles. The van der Waals surface area contributed by atoms with Crippen LogP contribution in [0, 0.1) is 11.7 Å².